The van der Waals surface area contributed by atoms with Crippen molar-refractivity contribution < 1.29 is 0 Å². The zero-order chi connectivity index (χ0) is 14.5. The van der Waals surface area contributed by atoms with Gasteiger partial charge in [0.25, 0.3) is 0 Å². The summed E-state index contributed by atoms with van der Waals surface area (Å²) < 4.78 is 0. The highest BCUT2D eigenvalue weighted by atomic mass is 15.2. The van der Waals surface area contributed by atoms with Gasteiger partial charge in [-0.3, -0.25) is 0 Å². The molecular weight excluding hydrogens is 252 g/mol. The summed E-state index contributed by atoms with van der Waals surface area (Å²) in [5.41, 5.74) is 1.13. The zero-order valence-electron chi connectivity index (χ0n) is 12.3. The van der Waals surface area contributed by atoms with E-state index in [1.165, 1.54) is 0 Å². The van der Waals surface area contributed by atoms with Gasteiger partial charge < -0.3 is 15.1 Å². The first-order valence-electron chi connectivity index (χ1n) is 6.42. The van der Waals surface area contributed by atoms with E-state index in [9.17, 15) is 0 Å². The molecule has 0 radical (unpaired) electrons. The Kier molecular flexibility index (Phi) is 4.34. The highest BCUT2D eigenvalue weighted by Gasteiger charge is 2.06. The summed E-state index contributed by atoms with van der Waals surface area (Å²) in [7, 11) is 7.89. The molecule has 1 N–H and O–H groups in total. The van der Waals surface area contributed by atoms with E-state index < -0.39 is 0 Å². The molecule has 2 heterocycles. The van der Waals surface area contributed by atoms with E-state index in [2.05, 4.69) is 26.3 Å². The van der Waals surface area contributed by atoms with Crippen LogP contribution in [0.1, 0.15) is 5.56 Å². The molecule has 6 heteroatoms. The molecule has 0 saturated heterocycles. The van der Waals surface area contributed by atoms with Gasteiger partial charge >= 0.3 is 0 Å². The van der Waals surface area contributed by atoms with Crippen LogP contribution in [-0.2, 0) is 6.54 Å². The van der Waals surface area contributed by atoms with Crippen molar-refractivity contribution in [2.24, 2.45) is 0 Å². The van der Waals surface area contributed by atoms with E-state index in [1.54, 1.807) is 12.5 Å². The molecule has 0 bridgehead atoms. The van der Waals surface area contributed by atoms with Crippen molar-refractivity contribution in [1.29, 1.82) is 0 Å². The molecule has 0 aliphatic carbocycles. The third kappa shape index (κ3) is 3.34. The van der Waals surface area contributed by atoms with Crippen LogP contribution in [0, 0.1) is 0 Å². The van der Waals surface area contributed by atoms with Crippen molar-refractivity contribution in [1.82, 2.24) is 15.0 Å². The third-order valence-electron chi connectivity index (χ3n) is 2.86. The molecular formula is C14H20N6. The lowest BCUT2D eigenvalue weighted by molar-refractivity contribution is 0.994. The maximum absolute atomic E-state index is 4.38. The van der Waals surface area contributed by atoms with E-state index in [0.717, 1.165) is 23.0 Å². The Morgan fingerprint density at radius 2 is 1.85 bits per heavy atom. The molecule has 0 atom stereocenters. The van der Waals surface area contributed by atoms with Crippen LogP contribution in [-0.4, -0.2) is 43.1 Å². The largest absolute Gasteiger partial charge is 0.366 e. The second-order valence-electron chi connectivity index (χ2n) is 4.89. The van der Waals surface area contributed by atoms with Crippen molar-refractivity contribution in [2.45, 2.75) is 6.54 Å². The lowest BCUT2D eigenvalue weighted by atomic mass is 10.2. The molecule has 2 rings (SSSR count). The summed E-state index contributed by atoms with van der Waals surface area (Å²) in [5.74, 6) is 2.64. The molecule has 0 unspecified atom stereocenters. The first-order valence-corrected chi connectivity index (χ1v) is 6.42. The normalized spacial score (nSPS) is 10.2. The number of nitrogens with zero attached hydrogens (tertiary/aromatic N) is 5. The van der Waals surface area contributed by atoms with Crippen molar-refractivity contribution >= 4 is 17.5 Å². The van der Waals surface area contributed by atoms with Gasteiger partial charge in [0.05, 0.1) is 0 Å². The molecule has 0 aliphatic heterocycles. The quantitative estimate of drug-likeness (QED) is 0.892. The summed E-state index contributed by atoms with van der Waals surface area (Å²) in [6, 6.07) is 5.92. The van der Waals surface area contributed by atoms with E-state index in [-0.39, 0.29) is 0 Å². The topological polar surface area (TPSA) is 57.2 Å². The van der Waals surface area contributed by atoms with Crippen molar-refractivity contribution in [3.63, 3.8) is 0 Å². The van der Waals surface area contributed by atoms with Gasteiger partial charge in [-0.05, 0) is 6.07 Å². The Morgan fingerprint density at radius 3 is 2.55 bits per heavy atom. The van der Waals surface area contributed by atoms with Gasteiger partial charge in [-0.2, -0.15) is 0 Å². The molecule has 0 aromatic carbocycles. The van der Waals surface area contributed by atoms with Crippen molar-refractivity contribution in [3.8, 4) is 0 Å². The minimum absolute atomic E-state index is 0.672. The molecule has 2 aromatic rings. The summed E-state index contributed by atoms with van der Waals surface area (Å²) >= 11 is 0. The number of nitrogens with one attached hydrogen (secondary N) is 1. The fourth-order valence-corrected chi connectivity index (χ4v) is 1.85. The molecule has 20 heavy (non-hydrogen) atoms. The van der Waals surface area contributed by atoms with Crippen LogP contribution < -0.4 is 15.1 Å². The van der Waals surface area contributed by atoms with Gasteiger partial charge in [0.2, 0.25) is 0 Å². The van der Waals surface area contributed by atoms with E-state index >= 15 is 0 Å². The van der Waals surface area contributed by atoms with Gasteiger partial charge in [0.1, 0.15) is 23.8 Å². The Labute approximate surface area is 119 Å². The molecule has 0 aliphatic rings. The molecule has 2 aromatic heterocycles. The first kappa shape index (κ1) is 14.0. The maximum Gasteiger partial charge on any atom is 0.133 e. The number of pyridine rings is 1. The molecule has 106 valence electrons. The standard InChI is InChI=1S/C14H20N6/c1-19(2)13-8-12(17-10-18-13)16-9-11-6-5-7-15-14(11)20(3)4/h5-8,10H,9H2,1-4H3,(H,16,17,18). The second kappa shape index (κ2) is 6.18. The Morgan fingerprint density at radius 1 is 1.05 bits per heavy atom. The number of hydrogen-bond acceptors (Lipinski definition) is 6. The SMILES string of the molecule is CN(C)c1cc(NCc2cccnc2N(C)C)ncn1. The highest BCUT2D eigenvalue weighted by Crippen LogP contribution is 2.17. The average Bonchev–Trinajstić information content (AvgIpc) is 2.45. The van der Waals surface area contributed by atoms with Crippen LogP contribution in [0.3, 0.4) is 0 Å². The van der Waals surface area contributed by atoms with Gasteiger partial charge in [0, 0.05) is 52.6 Å². The van der Waals surface area contributed by atoms with Gasteiger partial charge in [-0.1, -0.05) is 6.07 Å². The smallest absolute Gasteiger partial charge is 0.133 e. The van der Waals surface area contributed by atoms with Crippen molar-refractivity contribution in [3.05, 3.63) is 36.3 Å². The van der Waals surface area contributed by atoms with Crippen molar-refractivity contribution in [2.75, 3.05) is 43.3 Å². The number of anilines is 3. The molecule has 0 saturated carbocycles. The predicted molar refractivity (Wildman–Crippen MR) is 82.2 cm³/mol. The molecule has 0 amide bonds. The molecule has 6 nitrogen and oxygen atoms in total. The van der Waals surface area contributed by atoms with Gasteiger partial charge in [-0.15, -0.1) is 0 Å². The van der Waals surface area contributed by atoms with Crippen LogP contribution >= 0.6 is 0 Å². The average molecular weight is 272 g/mol. The van der Waals surface area contributed by atoms with E-state index in [1.807, 2.05) is 50.1 Å². The fraction of sp³-hybridized carbons (Fsp3) is 0.357. The maximum atomic E-state index is 4.38. The Balaban J connectivity index is 2.11. The molecule has 0 fully saturated rings. The van der Waals surface area contributed by atoms with Crippen LogP contribution in [0.2, 0.25) is 0 Å². The third-order valence-corrected chi connectivity index (χ3v) is 2.86. The summed E-state index contributed by atoms with van der Waals surface area (Å²) in [5, 5.41) is 3.31. The molecule has 0 spiro atoms. The van der Waals surface area contributed by atoms with Gasteiger partial charge in [-0.25, -0.2) is 15.0 Å². The number of hydrogen-bond donors (Lipinski definition) is 1. The van der Waals surface area contributed by atoms with Gasteiger partial charge in [0.15, 0.2) is 0 Å². The Bertz CT molecular complexity index is 567. The second-order valence-corrected chi connectivity index (χ2v) is 4.89. The summed E-state index contributed by atoms with van der Waals surface area (Å²) in [4.78, 5) is 16.8. The monoisotopic (exact) mass is 272 g/mol. The summed E-state index contributed by atoms with van der Waals surface area (Å²) in [6.45, 7) is 0.672. The highest BCUT2D eigenvalue weighted by molar-refractivity contribution is 5.50. The fourth-order valence-electron chi connectivity index (χ4n) is 1.85. The summed E-state index contributed by atoms with van der Waals surface area (Å²) in [6.07, 6.45) is 3.36. The van der Waals surface area contributed by atoms with Crippen LogP contribution in [0.5, 0.6) is 0 Å². The lowest BCUT2D eigenvalue weighted by Crippen LogP contribution is -2.15. The van der Waals surface area contributed by atoms with E-state index in [4.69, 9.17) is 0 Å². The zero-order valence-corrected chi connectivity index (χ0v) is 12.3. The van der Waals surface area contributed by atoms with E-state index in [0.29, 0.717) is 6.54 Å². The predicted octanol–water partition coefficient (Wildman–Crippen LogP) is 1.62. The number of aromatic nitrogens is 3. The minimum atomic E-state index is 0.672. The van der Waals surface area contributed by atoms with Crippen LogP contribution in [0.4, 0.5) is 17.5 Å². The lowest BCUT2D eigenvalue weighted by Gasteiger charge is -2.17. The van der Waals surface area contributed by atoms with Crippen LogP contribution in [0.25, 0.3) is 0 Å². The number of rotatable bonds is 5. The minimum Gasteiger partial charge on any atom is -0.366 e. The van der Waals surface area contributed by atoms with Crippen LogP contribution in [0.15, 0.2) is 30.7 Å². The first-order chi connectivity index (χ1) is 9.58. The Hall–Kier alpha value is -2.37.